The third kappa shape index (κ3) is 5.84. The molecule has 2 aliphatic rings. The first-order valence-corrected chi connectivity index (χ1v) is 9.96. The number of hydrogen-bond donors (Lipinski definition) is 2. The summed E-state index contributed by atoms with van der Waals surface area (Å²) in [7, 11) is 0. The minimum absolute atomic E-state index is 0.114. The number of halogens is 1. The molecule has 0 radical (unpaired) electrons. The van der Waals surface area contributed by atoms with E-state index in [0.717, 1.165) is 31.6 Å². The summed E-state index contributed by atoms with van der Waals surface area (Å²) in [6, 6.07) is 6.93. The molecule has 0 atom stereocenters. The molecule has 0 bridgehead atoms. The van der Waals surface area contributed by atoms with E-state index in [2.05, 4.69) is 15.2 Å². The van der Waals surface area contributed by atoms with Crippen LogP contribution in [0.25, 0.3) is 0 Å². The van der Waals surface area contributed by atoms with Crippen LogP contribution in [0.2, 0.25) is 0 Å². The minimum atomic E-state index is -0.231. The Labute approximate surface area is 160 Å². The van der Waals surface area contributed by atoms with Crippen LogP contribution in [0.1, 0.15) is 38.5 Å². The average molecular weight is 375 g/mol. The molecule has 7 heteroatoms. The maximum Gasteiger partial charge on any atom is 0.224 e. The second-order valence-electron chi connectivity index (χ2n) is 7.34. The van der Waals surface area contributed by atoms with Crippen LogP contribution in [0.3, 0.4) is 0 Å². The average Bonchev–Trinajstić information content (AvgIpc) is 2.69. The van der Waals surface area contributed by atoms with Gasteiger partial charge < -0.3 is 20.9 Å². The number of benzene rings is 1. The van der Waals surface area contributed by atoms with E-state index in [4.69, 9.17) is 5.73 Å². The Morgan fingerprint density at radius 2 is 1.78 bits per heavy atom. The van der Waals surface area contributed by atoms with Crippen LogP contribution in [-0.4, -0.2) is 55.5 Å². The highest BCUT2D eigenvalue weighted by atomic mass is 19.1. The monoisotopic (exact) mass is 375 g/mol. The van der Waals surface area contributed by atoms with Gasteiger partial charge in [-0.1, -0.05) is 19.3 Å². The number of aliphatic imine (C=N–C) groups is 1. The maximum atomic E-state index is 13.0. The number of guanidine groups is 1. The van der Waals surface area contributed by atoms with E-state index in [1.165, 1.54) is 31.4 Å². The summed E-state index contributed by atoms with van der Waals surface area (Å²) in [5.41, 5.74) is 6.94. The zero-order chi connectivity index (χ0) is 19.1. The summed E-state index contributed by atoms with van der Waals surface area (Å²) in [5, 5.41) is 3.27. The lowest BCUT2D eigenvalue weighted by atomic mass is 9.96. The Bertz CT molecular complexity index is 634. The van der Waals surface area contributed by atoms with E-state index in [0.29, 0.717) is 38.1 Å². The molecular weight excluding hydrogens is 345 g/mol. The van der Waals surface area contributed by atoms with Crippen molar-refractivity contribution in [3.05, 3.63) is 30.1 Å². The van der Waals surface area contributed by atoms with E-state index in [-0.39, 0.29) is 11.7 Å². The fourth-order valence-electron chi connectivity index (χ4n) is 3.80. The Hall–Kier alpha value is -2.31. The van der Waals surface area contributed by atoms with Gasteiger partial charge in [0.25, 0.3) is 0 Å². The van der Waals surface area contributed by atoms with E-state index < -0.39 is 0 Å². The van der Waals surface area contributed by atoms with E-state index in [1.54, 1.807) is 12.1 Å². The normalized spacial score (nSPS) is 19.2. The summed E-state index contributed by atoms with van der Waals surface area (Å²) in [4.78, 5) is 20.7. The van der Waals surface area contributed by atoms with Crippen LogP contribution >= 0.6 is 0 Å². The van der Waals surface area contributed by atoms with E-state index in [1.807, 2.05) is 4.90 Å². The van der Waals surface area contributed by atoms with Crippen molar-refractivity contribution in [3.63, 3.8) is 0 Å². The lowest BCUT2D eigenvalue weighted by Gasteiger charge is -2.36. The molecule has 1 aliphatic heterocycles. The molecular formula is C20H30FN5O. The molecule has 1 aromatic rings. The molecule has 27 heavy (non-hydrogen) atoms. The van der Waals surface area contributed by atoms with Crippen molar-refractivity contribution in [2.75, 3.05) is 37.6 Å². The number of nitrogens with two attached hydrogens (primary N) is 1. The molecule has 1 saturated heterocycles. The van der Waals surface area contributed by atoms with Crippen molar-refractivity contribution >= 4 is 17.6 Å². The van der Waals surface area contributed by atoms with Crippen molar-refractivity contribution in [3.8, 4) is 0 Å². The van der Waals surface area contributed by atoms with Crippen molar-refractivity contribution in [2.24, 2.45) is 10.7 Å². The number of hydrogen-bond acceptors (Lipinski definition) is 3. The Morgan fingerprint density at radius 3 is 2.44 bits per heavy atom. The summed E-state index contributed by atoms with van der Waals surface area (Å²) in [6.45, 7) is 3.28. The lowest BCUT2D eigenvalue weighted by molar-refractivity contribution is -0.131. The smallest absolute Gasteiger partial charge is 0.224 e. The van der Waals surface area contributed by atoms with Crippen LogP contribution < -0.4 is 16.0 Å². The minimum Gasteiger partial charge on any atom is -0.370 e. The number of nitrogens with zero attached hydrogens (tertiary/aromatic N) is 3. The van der Waals surface area contributed by atoms with Gasteiger partial charge in [-0.3, -0.25) is 9.79 Å². The van der Waals surface area contributed by atoms with Gasteiger partial charge in [0.1, 0.15) is 5.82 Å². The van der Waals surface area contributed by atoms with Gasteiger partial charge in [-0.25, -0.2) is 4.39 Å². The van der Waals surface area contributed by atoms with Gasteiger partial charge in [0.15, 0.2) is 5.96 Å². The molecule has 0 unspecified atom stereocenters. The van der Waals surface area contributed by atoms with Gasteiger partial charge >= 0.3 is 0 Å². The number of piperazine rings is 1. The highest BCUT2D eigenvalue weighted by Gasteiger charge is 2.21. The quantitative estimate of drug-likeness (QED) is 0.611. The summed E-state index contributed by atoms with van der Waals surface area (Å²) < 4.78 is 13.0. The van der Waals surface area contributed by atoms with Gasteiger partial charge in [-0.2, -0.15) is 0 Å². The Morgan fingerprint density at radius 1 is 1.11 bits per heavy atom. The number of nitrogens with one attached hydrogen (secondary N) is 1. The Kier molecular flexibility index (Phi) is 6.90. The summed E-state index contributed by atoms with van der Waals surface area (Å²) in [5.74, 6) is 0.337. The summed E-state index contributed by atoms with van der Waals surface area (Å²) >= 11 is 0. The molecule has 3 rings (SSSR count). The van der Waals surface area contributed by atoms with Crippen LogP contribution in [-0.2, 0) is 4.79 Å². The van der Waals surface area contributed by atoms with Crippen molar-refractivity contribution < 1.29 is 9.18 Å². The van der Waals surface area contributed by atoms with E-state index >= 15 is 0 Å². The molecule has 1 aliphatic carbocycles. The van der Waals surface area contributed by atoms with Crippen LogP contribution in [0.15, 0.2) is 29.3 Å². The fraction of sp³-hybridized carbons (Fsp3) is 0.600. The molecule has 0 aromatic heterocycles. The molecule has 1 aromatic carbocycles. The lowest BCUT2D eigenvalue weighted by Crippen LogP contribution is -2.49. The van der Waals surface area contributed by atoms with Gasteiger partial charge in [0.05, 0.1) is 6.54 Å². The maximum absolute atomic E-state index is 13.0. The topological polar surface area (TPSA) is 74.0 Å². The van der Waals surface area contributed by atoms with Crippen molar-refractivity contribution in [1.29, 1.82) is 0 Å². The first kappa shape index (κ1) is 19.5. The fourth-order valence-corrected chi connectivity index (χ4v) is 3.80. The molecule has 0 spiro atoms. The van der Waals surface area contributed by atoms with Gasteiger partial charge in [0, 0.05) is 44.3 Å². The third-order valence-corrected chi connectivity index (χ3v) is 5.39. The molecule has 1 amide bonds. The summed E-state index contributed by atoms with van der Waals surface area (Å²) in [6.07, 6.45) is 6.46. The zero-order valence-electron chi connectivity index (χ0n) is 15.9. The van der Waals surface area contributed by atoms with Gasteiger partial charge in [-0.15, -0.1) is 0 Å². The number of amides is 1. The molecule has 3 N–H and O–H groups in total. The molecule has 2 fully saturated rings. The number of carbonyl (C=O) groups excluding carboxylic acids is 1. The zero-order valence-corrected chi connectivity index (χ0v) is 15.9. The predicted molar refractivity (Wildman–Crippen MR) is 106 cm³/mol. The Balaban J connectivity index is 1.37. The van der Waals surface area contributed by atoms with Gasteiger partial charge in [0.2, 0.25) is 5.91 Å². The highest BCUT2D eigenvalue weighted by Crippen LogP contribution is 2.18. The number of carbonyl (C=O) groups is 1. The molecule has 148 valence electrons. The first-order valence-electron chi connectivity index (χ1n) is 9.96. The van der Waals surface area contributed by atoms with Crippen LogP contribution in [0, 0.1) is 5.82 Å². The second-order valence-corrected chi connectivity index (χ2v) is 7.34. The molecule has 6 nitrogen and oxygen atoms in total. The highest BCUT2D eigenvalue weighted by molar-refractivity contribution is 5.79. The molecule has 1 saturated carbocycles. The van der Waals surface area contributed by atoms with Gasteiger partial charge in [-0.05, 0) is 37.1 Å². The standard InChI is InChI=1S/C20H30FN5O/c21-16-6-8-18(9-7-16)25-12-14-26(15-13-25)19(27)10-11-23-20(22)24-17-4-2-1-3-5-17/h6-9,17H,1-5,10-15H2,(H3,22,23,24). The second kappa shape index (κ2) is 9.58. The largest absolute Gasteiger partial charge is 0.370 e. The predicted octanol–water partition coefficient (Wildman–Crippen LogP) is 2.10. The van der Waals surface area contributed by atoms with Crippen LogP contribution in [0.5, 0.6) is 0 Å². The SMILES string of the molecule is NC(=NCCC(=O)N1CCN(c2ccc(F)cc2)CC1)NC1CCCCC1. The van der Waals surface area contributed by atoms with Crippen molar-refractivity contribution in [1.82, 2.24) is 10.2 Å². The van der Waals surface area contributed by atoms with Crippen molar-refractivity contribution in [2.45, 2.75) is 44.6 Å². The van der Waals surface area contributed by atoms with E-state index in [9.17, 15) is 9.18 Å². The third-order valence-electron chi connectivity index (χ3n) is 5.39. The molecule has 1 heterocycles. The number of rotatable bonds is 5. The van der Waals surface area contributed by atoms with Crippen LogP contribution in [0.4, 0.5) is 10.1 Å². The number of anilines is 1. The first-order chi connectivity index (χ1) is 13.1.